The summed E-state index contributed by atoms with van der Waals surface area (Å²) in [5.41, 5.74) is 0.941. The normalized spacial score (nSPS) is 10.6. The van der Waals surface area contributed by atoms with Crippen LogP contribution in [0.25, 0.3) is 10.9 Å². The second-order valence-corrected chi connectivity index (χ2v) is 2.99. The summed E-state index contributed by atoms with van der Waals surface area (Å²) < 4.78 is 13.1. The van der Waals surface area contributed by atoms with Crippen molar-refractivity contribution in [3.8, 4) is 0 Å². The SMILES string of the molecule is Cc1cc2c(=O)cc[nH]c2cc1F. The van der Waals surface area contributed by atoms with Gasteiger partial charge in [0.25, 0.3) is 0 Å². The molecule has 3 heteroatoms. The molecule has 0 bridgehead atoms. The quantitative estimate of drug-likeness (QED) is 0.655. The van der Waals surface area contributed by atoms with E-state index in [1.165, 1.54) is 18.3 Å². The van der Waals surface area contributed by atoms with E-state index >= 15 is 0 Å². The Morgan fingerprint density at radius 1 is 1.38 bits per heavy atom. The van der Waals surface area contributed by atoms with Gasteiger partial charge in [0, 0.05) is 17.6 Å². The molecule has 13 heavy (non-hydrogen) atoms. The Labute approximate surface area is 74.0 Å². The van der Waals surface area contributed by atoms with Crippen LogP contribution in [0, 0.1) is 12.7 Å². The molecule has 0 aliphatic carbocycles. The number of rotatable bonds is 0. The largest absolute Gasteiger partial charge is 0.361 e. The second kappa shape index (κ2) is 2.69. The zero-order valence-electron chi connectivity index (χ0n) is 7.10. The van der Waals surface area contributed by atoms with Crippen LogP contribution in [0.4, 0.5) is 4.39 Å². The van der Waals surface area contributed by atoms with Crippen LogP contribution in [-0.2, 0) is 0 Å². The smallest absolute Gasteiger partial charge is 0.189 e. The number of aromatic amines is 1. The topological polar surface area (TPSA) is 32.9 Å². The molecular formula is C10H8FNO. The summed E-state index contributed by atoms with van der Waals surface area (Å²) in [6, 6.07) is 4.33. The highest BCUT2D eigenvalue weighted by atomic mass is 19.1. The Morgan fingerprint density at radius 3 is 2.92 bits per heavy atom. The molecule has 0 radical (unpaired) electrons. The zero-order valence-corrected chi connectivity index (χ0v) is 7.10. The minimum atomic E-state index is -0.297. The van der Waals surface area contributed by atoms with Gasteiger partial charge in [-0.2, -0.15) is 0 Å². The molecule has 1 heterocycles. The molecule has 2 nitrogen and oxygen atoms in total. The summed E-state index contributed by atoms with van der Waals surface area (Å²) in [7, 11) is 0. The van der Waals surface area contributed by atoms with E-state index < -0.39 is 0 Å². The van der Waals surface area contributed by atoms with Crippen molar-refractivity contribution in [1.82, 2.24) is 4.98 Å². The fraction of sp³-hybridized carbons (Fsp3) is 0.100. The van der Waals surface area contributed by atoms with Crippen LogP contribution < -0.4 is 5.43 Å². The molecule has 2 rings (SSSR count). The summed E-state index contributed by atoms with van der Waals surface area (Å²) in [6.45, 7) is 1.64. The number of pyridine rings is 1. The third kappa shape index (κ3) is 1.22. The molecule has 1 aromatic heterocycles. The monoisotopic (exact) mass is 177 g/mol. The molecule has 0 amide bonds. The van der Waals surface area contributed by atoms with E-state index in [1.807, 2.05) is 0 Å². The molecular weight excluding hydrogens is 169 g/mol. The maximum Gasteiger partial charge on any atom is 0.189 e. The number of halogens is 1. The number of fused-ring (bicyclic) bond motifs is 1. The summed E-state index contributed by atoms with van der Waals surface area (Å²) in [5.74, 6) is -0.297. The van der Waals surface area contributed by atoms with Crippen LogP contribution in [-0.4, -0.2) is 4.98 Å². The lowest BCUT2D eigenvalue weighted by molar-refractivity contribution is 0.620. The first-order chi connectivity index (χ1) is 6.18. The van der Waals surface area contributed by atoms with Gasteiger partial charge in [0.15, 0.2) is 5.43 Å². The number of aromatic nitrogens is 1. The molecule has 2 aromatic rings. The lowest BCUT2D eigenvalue weighted by Gasteiger charge is -1.99. The lowest BCUT2D eigenvalue weighted by atomic mass is 10.1. The lowest BCUT2D eigenvalue weighted by Crippen LogP contribution is -2.01. The van der Waals surface area contributed by atoms with E-state index in [4.69, 9.17) is 0 Å². The van der Waals surface area contributed by atoms with Crippen molar-refractivity contribution in [2.75, 3.05) is 0 Å². The van der Waals surface area contributed by atoms with Crippen molar-refractivity contribution in [2.24, 2.45) is 0 Å². The van der Waals surface area contributed by atoms with Crippen molar-refractivity contribution in [2.45, 2.75) is 6.92 Å². The predicted octanol–water partition coefficient (Wildman–Crippen LogP) is 1.98. The molecule has 0 aliphatic rings. The van der Waals surface area contributed by atoms with E-state index in [-0.39, 0.29) is 11.2 Å². The zero-order chi connectivity index (χ0) is 9.42. The van der Waals surface area contributed by atoms with Crippen LogP contribution in [0.5, 0.6) is 0 Å². The summed E-state index contributed by atoms with van der Waals surface area (Å²) >= 11 is 0. The van der Waals surface area contributed by atoms with Crippen LogP contribution in [0.3, 0.4) is 0 Å². The average molecular weight is 177 g/mol. The fourth-order valence-corrected chi connectivity index (χ4v) is 1.30. The minimum absolute atomic E-state index is 0.0862. The first-order valence-corrected chi connectivity index (χ1v) is 3.96. The van der Waals surface area contributed by atoms with Crippen molar-refractivity contribution >= 4 is 10.9 Å². The van der Waals surface area contributed by atoms with Gasteiger partial charge in [-0.3, -0.25) is 4.79 Å². The highest BCUT2D eigenvalue weighted by molar-refractivity contribution is 5.78. The van der Waals surface area contributed by atoms with E-state index in [2.05, 4.69) is 4.98 Å². The summed E-state index contributed by atoms with van der Waals surface area (Å²) in [5, 5.41) is 0.529. The van der Waals surface area contributed by atoms with Gasteiger partial charge >= 0.3 is 0 Å². The number of nitrogens with one attached hydrogen (secondary N) is 1. The van der Waals surface area contributed by atoms with Gasteiger partial charge in [-0.25, -0.2) is 4.39 Å². The number of benzene rings is 1. The minimum Gasteiger partial charge on any atom is -0.361 e. The van der Waals surface area contributed by atoms with Gasteiger partial charge in [-0.05, 0) is 24.6 Å². The van der Waals surface area contributed by atoms with Crippen LogP contribution in [0.2, 0.25) is 0 Å². The van der Waals surface area contributed by atoms with Crippen molar-refractivity contribution in [1.29, 1.82) is 0 Å². The third-order valence-electron chi connectivity index (χ3n) is 2.04. The van der Waals surface area contributed by atoms with E-state index in [9.17, 15) is 9.18 Å². The van der Waals surface area contributed by atoms with Gasteiger partial charge in [0.1, 0.15) is 5.82 Å². The Bertz CT molecular complexity index is 516. The maximum absolute atomic E-state index is 13.1. The predicted molar refractivity (Wildman–Crippen MR) is 49.3 cm³/mol. The third-order valence-corrected chi connectivity index (χ3v) is 2.04. The number of hydrogen-bond donors (Lipinski definition) is 1. The number of H-pyrrole nitrogens is 1. The average Bonchev–Trinajstić information content (AvgIpc) is 2.09. The van der Waals surface area contributed by atoms with Crippen LogP contribution >= 0.6 is 0 Å². The fourth-order valence-electron chi connectivity index (χ4n) is 1.30. The van der Waals surface area contributed by atoms with Crippen molar-refractivity contribution < 1.29 is 4.39 Å². The summed E-state index contributed by atoms with van der Waals surface area (Å²) in [6.07, 6.45) is 1.51. The Balaban J connectivity index is 2.97. The molecule has 0 unspecified atom stereocenters. The molecule has 0 aliphatic heterocycles. The van der Waals surface area contributed by atoms with Crippen molar-refractivity contribution in [3.63, 3.8) is 0 Å². The Morgan fingerprint density at radius 2 is 2.15 bits per heavy atom. The van der Waals surface area contributed by atoms with Crippen LogP contribution in [0.1, 0.15) is 5.56 Å². The molecule has 66 valence electrons. The highest BCUT2D eigenvalue weighted by Gasteiger charge is 2.02. The van der Waals surface area contributed by atoms with E-state index in [1.54, 1.807) is 13.0 Å². The Kier molecular flexibility index (Phi) is 1.65. The second-order valence-electron chi connectivity index (χ2n) is 2.99. The van der Waals surface area contributed by atoms with E-state index in [0.29, 0.717) is 16.5 Å². The molecule has 0 fully saturated rings. The summed E-state index contributed by atoms with van der Waals surface area (Å²) in [4.78, 5) is 14.1. The standard InChI is InChI=1S/C10H8FNO/c1-6-4-7-9(5-8(6)11)12-3-2-10(7)13/h2-5H,1H3,(H,12,13). The van der Waals surface area contributed by atoms with E-state index in [0.717, 1.165) is 0 Å². The molecule has 0 spiro atoms. The molecule has 0 saturated heterocycles. The van der Waals surface area contributed by atoms with Gasteiger partial charge in [0.2, 0.25) is 0 Å². The molecule has 1 N–H and O–H groups in total. The molecule has 1 aromatic carbocycles. The maximum atomic E-state index is 13.1. The van der Waals surface area contributed by atoms with Gasteiger partial charge < -0.3 is 4.98 Å². The number of hydrogen-bond acceptors (Lipinski definition) is 1. The van der Waals surface area contributed by atoms with Crippen LogP contribution in [0.15, 0.2) is 29.2 Å². The number of aryl methyl sites for hydroxylation is 1. The first-order valence-electron chi connectivity index (χ1n) is 3.96. The Hall–Kier alpha value is -1.64. The van der Waals surface area contributed by atoms with Crippen molar-refractivity contribution in [3.05, 3.63) is 46.0 Å². The molecule has 0 atom stereocenters. The highest BCUT2D eigenvalue weighted by Crippen LogP contribution is 2.13. The first kappa shape index (κ1) is 7.98. The van der Waals surface area contributed by atoms with Gasteiger partial charge in [0.05, 0.1) is 5.52 Å². The molecule has 0 saturated carbocycles. The van der Waals surface area contributed by atoms with Gasteiger partial charge in [-0.15, -0.1) is 0 Å². The van der Waals surface area contributed by atoms with Gasteiger partial charge in [-0.1, -0.05) is 0 Å².